The average molecular weight is 374 g/mol. The van der Waals surface area contributed by atoms with Crippen molar-refractivity contribution in [3.63, 3.8) is 0 Å². The maximum Gasteiger partial charge on any atom is 0.240 e. The zero-order valence-electron chi connectivity index (χ0n) is 12.6. The molecular formula is C16H24BrNO2S. The number of benzene rings is 1. The summed E-state index contributed by atoms with van der Waals surface area (Å²) < 4.78 is 27.6. The van der Waals surface area contributed by atoms with Gasteiger partial charge in [-0.1, -0.05) is 54.2 Å². The maximum atomic E-state index is 12.4. The van der Waals surface area contributed by atoms with Crippen molar-refractivity contribution in [2.75, 3.05) is 11.9 Å². The van der Waals surface area contributed by atoms with Crippen molar-refractivity contribution in [3.8, 4) is 0 Å². The van der Waals surface area contributed by atoms with Gasteiger partial charge >= 0.3 is 0 Å². The Bertz CT molecular complexity index is 548. The summed E-state index contributed by atoms with van der Waals surface area (Å²) >= 11 is 3.55. The van der Waals surface area contributed by atoms with Crippen molar-refractivity contribution in [1.82, 2.24) is 4.72 Å². The molecule has 0 heterocycles. The summed E-state index contributed by atoms with van der Waals surface area (Å²) in [6.45, 7) is 2.64. The first-order chi connectivity index (χ1) is 10.0. The van der Waals surface area contributed by atoms with Gasteiger partial charge in [0.2, 0.25) is 10.0 Å². The third-order valence-electron chi connectivity index (χ3n) is 4.36. The van der Waals surface area contributed by atoms with Gasteiger partial charge in [-0.2, -0.15) is 0 Å². The van der Waals surface area contributed by atoms with E-state index >= 15 is 0 Å². The van der Waals surface area contributed by atoms with E-state index in [2.05, 4.69) is 27.6 Å². The van der Waals surface area contributed by atoms with Crippen molar-refractivity contribution in [1.29, 1.82) is 0 Å². The van der Waals surface area contributed by atoms with Crippen molar-refractivity contribution in [2.45, 2.75) is 50.3 Å². The molecule has 3 nitrogen and oxygen atoms in total. The molecule has 1 aromatic rings. The molecule has 0 spiro atoms. The molecule has 0 aromatic heterocycles. The Balaban J connectivity index is 2.04. The standard InChI is InChI=1S/C16H24BrNO2S/c1-2-5-14-6-8-15(9-7-14)21(19,20)18-13-16(12-17)10-3-4-11-16/h6-9,18H,2-5,10-13H2,1H3. The predicted octanol–water partition coefficient (Wildman–Crippen LogP) is 3.87. The van der Waals surface area contributed by atoms with Crippen molar-refractivity contribution in [3.05, 3.63) is 29.8 Å². The Morgan fingerprint density at radius 1 is 1.19 bits per heavy atom. The van der Waals surface area contributed by atoms with Crippen LogP contribution in [0.1, 0.15) is 44.6 Å². The third kappa shape index (κ3) is 4.30. The van der Waals surface area contributed by atoms with E-state index in [1.54, 1.807) is 12.1 Å². The van der Waals surface area contributed by atoms with Gasteiger partial charge < -0.3 is 0 Å². The highest BCUT2D eigenvalue weighted by molar-refractivity contribution is 9.09. The first-order valence-corrected chi connectivity index (χ1v) is 10.3. The van der Waals surface area contributed by atoms with Crippen LogP contribution < -0.4 is 4.72 Å². The smallest absolute Gasteiger partial charge is 0.211 e. The third-order valence-corrected chi connectivity index (χ3v) is 6.96. The molecule has 2 rings (SSSR count). The normalized spacial score (nSPS) is 18.0. The van der Waals surface area contributed by atoms with Crippen LogP contribution in [-0.4, -0.2) is 20.3 Å². The number of nitrogens with one attached hydrogen (secondary N) is 1. The largest absolute Gasteiger partial charge is 0.240 e. The molecule has 1 fully saturated rings. The lowest BCUT2D eigenvalue weighted by Crippen LogP contribution is -2.37. The number of alkyl halides is 1. The van der Waals surface area contributed by atoms with Gasteiger partial charge in [0.05, 0.1) is 4.90 Å². The quantitative estimate of drug-likeness (QED) is 0.737. The molecule has 118 valence electrons. The molecule has 0 aliphatic heterocycles. The van der Waals surface area contributed by atoms with Crippen LogP contribution in [0.5, 0.6) is 0 Å². The lowest BCUT2D eigenvalue weighted by Gasteiger charge is -2.26. The summed E-state index contributed by atoms with van der Waals surface area (Å²) in [5, 5.41) is 0.859. The van der Waals surface area contributed by atoms with E-state index in [-0.39, 0.29) is 5.41 Å². The summed E-state index contributed by atoms with van der Waals surface area (Å²) in [5.74, 6) is 0. The minimum absolute atomic E-state index is 0.0925. The highest BCUT2D eigenvalue weighted by Crippen LogP contribution is 2.39. The number of aryl methyl sites for hydroxylation is 1. The molecule has 0 unspecified atom stereocenters. The van der Waals surface area contributed by atoms with Gasteiger partial charge in [0.25, 0.3) is 0 Å². The molecule has 0 atom stereocenters. The van der Waals surface area contributed by atoms with Gasteiger partial charge in [-0.05, 0) is 42.4 Å². The fourth-order valence-electron chi connectivity index (χ4n) is 2.94. The van der Waals surface area contributed by atoms with Crippen LogP contribution in [0.25, 0.3) is 0 Å². The number of hydrogen-bond acceptors (Lipinski definition) is 2. The zero-order valence-corrected chi connectivity index (χ0v) is 15.0. The van der Waals surface area contributed by atoms with Crippen LogP contribution in [0, 0.1) is 5.41 Å². The fourth-order valence-corrected chi connectivity index (χ4v) is 4.85. The van der Waals surface area contributed by atoms with Crippen LogP contribution in [0.15, 0.2) is 29.2 Å². The second kappa shape index (κ2) is 7.25. The minimum Gasteiger partial charge on any atom is -0.211 e. The van der Waals surface area contributed by atoms with E-state index < -0.39 is 10.0 Å². The monoisotopic (exact) mass is 373 g/mol. The molecule has 0 radical (unpaired) electrons. The van der Waals surface area contributed by atoms with Gasteiger partial charge in [-0.3, -0.25) is 0 Å². The predicted molar refractivity (Wildman–Crippen MR) is 90.3 cm³/mol. The van der Waals surface area contributed by atoms with Crippen LogP contribution >= 0.6 is 15.9 Å². The number of hydrogen-bond donors (Lipinski definition) is 1. The molecule has 1 aliphatic carbocycles. The van der Waals surface area contributed by atoms with E-state index in [1.165, 1.54) is 18.4 Å². The molecule has 1 aliphatic rings. The molecule has 1 aromatic carbocycles. The van der Waals surface area contributed by atoms with Crippen molar-refractivity contribution < 1.29 is 8.42 Å². The summed E-state index contributed by atoms with van der Waals surface area (Å²) in [7, 11) is -3.40. The molecule has 1 saturated carbocycles. The van der Waals surface area contributed by atoms with Crippen LogP contribution in [0.3, 0.4) is 0 Å². The van der Waals surface area contributed by atoms with E-state index in [0.717, 1.165) is 31.0 Å². The lowest BCUT2D eigenvalue weighted by atomic mass is 9.89. The Labute approximate surface area is 136 Å². The van der Waals surface area contributed by atoms with Crippen LogP contribution in [0.2, 0.25) is 0 Å². The summed E-state index contributed by atoms with van der Waals surface area (Å²) in [5.41, 5.74) is 1.28. The van der Waals surface area contributed by atoms with Gasteiger partial charge in [0, 0.05) is 11.9 Å². The van der Waals surface area contributed by atoms with E-state index in [1.807, 2.05) is 12.1 Å². The number of rotatable bonds is 7. The van der Waals surface area contributed by atoms with Gasteiger partial charge in [-0.15, -0.1) is 0 Å². The molecule has 0 amide bonds. The van der Waals surface area contributed by atoms with Crippen LogP contribution in [-0.2, 0) is 16.4 Å². The second-order valence-corrected chi connectivity index (χ2v) is 8.39. The Kier molecular flexibility index (Phi) is 5.86. The Morgan fingerprint density at radius 2 is 1.81 bits per heavy atom. The van der Waals surface area contributed by atoms with E-state index in [0.29, 0.717) is 11.4 Å². The average Bonchev–Trinajstić information content (AvgIpc) is 2.96. The van der Waals surface area contributed by atoms with E-state index in [9.17, 15) is 8.42 Å². The van der Waals surface area contributed by atoms with Crippen molar-refractivity contribution in [2.24, 2.45) is 5.41 Å². The fraction of sp³-hybridized carbons (Fsp3) is 0.625. The molecule has 5 heteroatoms. The highest BCUT2D eigenvalue weighted by Gasteiger charge is 2.34. The zero-order chi connectivity index (χ0) is 15.3. The second-order valence-electron chi connectivity index (χ2n) is 6.06. The molecule has 0 bridgehead atoms. The van der Waals surface area contributed by atoms with Gasteiger partial charge in [-0.25, -0.2) is 13.1 Å². The van der Waals surface area contributed by atoms with Crippen LogP contribution in [0.4, 0.5) is 0 Å². The number of sulfonamides is 1. The topological polar surface area (TPSA) is 46.2 Å². The molecule has 0 saturated heterocycles. The molecule has 21 heavy (non-hydrogen) atoms. The SMILES string of the molecule is CCCc1ccc(S(=O)(=O)NCC2(CBr)CCCC2)cc1. The first-order valence-electron chi connectivity index (χ1n) is 7.66. The lowest BCUT2D eigenvalue weighted by molar-refractivity contribution is 0.347. The molecule has 1 N–H and O–H groups in total. The van der Waals surface area contributed by atoms with Gasteiger partial charge in [0.1, 0.15) is 0 Å². The summed E-state index contributed by atoms with van der Waals surface area (Å²) in [6, 6.07) is 7.24. The Hall–Kier alpha value is -0.390. The molecular weight excluding hydrogens is 350 g/mol. The summed E-state index contributed by atoms with van der Waals surface area (Å²) in [4.78, 5) is 0.366. The number of halogens is 1. The first kappa shape index (κ1) is 17.0. The summed E-state index contributed by atoms with van der Waals surface area (Å²) in [6.07, 6.45) is 6.63. The van der Waals surface area contributed by atoms with Gasteiger partial charge in [0.15, 0.2) is 0 Å². The maximum absolute atomic E-state index is 12.4. The van der Waals surface area contributed by atoms with Crippen molar-refractivity contribution >= 4 is 26.0 Å². The highest BCUT2D eigenvalue weighted by atomic mass is 79.9. The van der Waals surface area contributed by atoms with E-state index in [4.69, 9.17) is 0 Å². The Morgan fingerprint density at radius 3 is 2.33 bits per heavy atom. The minimum atomic E-state index is -3.40.